The summed E-state index contributed by atoms with van der Waals surface area (Å²) in [5.41, 5.74) is 2.07. The molecule has 1 unspecified atom stereocenters. The highest BCUT2D eigenvalue weighted by molar-refractivity contribution is 5.61. The Morgan fingerprint density at radius 2 is 2.08 bits per heavy atom. The topological polar surface area (TPSA) is 52.2 Å². The maximum absolute atomic E-state index is 6.00. The zero-order chi connectivity index (χ0) is 17.6. The molecule has 25 heavy (non-hydrogen) atoms. The molecule has 0 amide bonds. The second-order valence-electron chi connectivity index (χ2n) is 6.43. The molecule has 3 rings (SSSR count). The number of ether oxygens (including phenoxy) is 4. The van der Waals surface area contributed by atoms with E-state index in [1.165, 1.54) is 0 Å². The van der Waals surface area contributed by atoms with Crippen molar-refractivity contribution >= 4 is 6.08 Å². The minimum atomic E-state index is -0.226. The molecule has 2 heterocycles. The Labute approximate surface area is 149 Å². The molecule has 0 aliphatic carbocycles. The van der Waals surface area contributed by atoms with Gasteiger partial charge < -0.3 is 24.3 Å². The first-order valence-electron chi connectivity index (χ1n) is 8.82. The molecular formula is C19H27N2O4. The Morgan fingerprint density at radius 3 is 2.80 bits per heavy atom. The van der Waals surface area contributed by atoms with Gasteiger partial charge in [0, 0.05) is 25.2 Å². The van der Waals surface area contributed by atoms with Gasteiger partial charge in [-0.3, -0.25) is 4.90 Å². The Bertz CT molecular complexity index is 597. The summed E-state index contributed by atoms with van der Waals surface area (Å²) in [6.45, 7) is 9.05. The SMILES string of the molecule is COc1cc2c(cc1OCCN1CCOCC1)C=[C]NC2OC(C)C. The largest absolute Gasteiger partial charge is 0.493 e. The first kappa shape index (κ1) is 18.0. The third-order valence-corrected chi connectivity index (χ3v) is 4.27. The summed E-state index contributed by atoms with van der Waals surface area (Å²) < 4.78 is 22.8. The van der Waals surface area contributed by atoms with Crippen LogP contribution in [0.5, 0.6) is 11.5 Å². The molecule has 0 spiro atoms. The normalized spacial score (nSPS) is 20.2. The number of rotatable bonds is 7. The van der Waals surface area contributed by atoms with Crippen LogP contribution in [0.25, 0.3) is 6.08 Å². The second-order valence-corrected chi connectivity index (χ2v) is 6.43. The van der Waals surface area contributed by atoms with Gasteiger partial charge in [0.05, 0.1) is 32.6 Å². The Morgan fingerprint density at radius 1 is 1.28 bits per heavy atom. The standard InChI is InChI=1S/C19H27N2O4/c1-14(2)25-19-16-13-17(22-3)18(12-15(16)4-5-20-19)24-11-8-21-6-9-23-10-7-21/h4,12-14,19-20H,6-11H2,1-3H3. The van der Waals surface area contributed by atoms with E-state index in [2.05, 4.69) is 16.4 Å². The van der Waals surface area contributed by atoms with Crippen molar-refractivity contribution in [2.75, 3.05) is 46.6 Å². The van der Waals surface area contributed by atoms with Crippen molar-refractivity contribution in [2.24, 2.45) is 0 Å². The number of hydrogen-bond acceptors (Lipinski definition) is 6. The van der Waals surface area contributed by atoms with Gasteiger partial charge in [-0.25, -0.2) is 0 Å². The first-order valence-corrected chi connectivity index (χ1v) is 8.82. The van der Waals surface area contributed by atoms with Crippen molar-refractivity contribution in [1.82, 2.24) is 10.2 Å². The highest BCUT2D eigenvalue weighted by atomic mass is 16.5. The molecule has 0 aromatic heterocycles. The smallest absolute Gasteiger partial charge is 0.161 e. The molecule has 2 aliphatic rings. The minimum Gasteiger partial charge on any atom is -0.493 e. The summed E-state index contributed by atoms with van der Waals surface area (Å²) in [6, 6.07) is 3.98. The summed E-state index contributed by atoms with van der Waals surface area (Å²) in [7, 11) is 1.66. The lowest BCUT2D eigenvalue weighted by Crippen LogP contribution is -2.38. The van der Waals surface area contributed by atoms with Gasteiger partial charge in [0.25, 0.3) is 0 Å². The molecule has 1 atom stereocenters. The monoisotopic (exact) mass is 347 g/mol. The van der Waals surface area contributed by atoms with Crippen molar-refractivity contribution in [3.8, 4) is 11.5 Å². The van der Waals surface area contributed by atoms with Crippen LogP contribution in [0.15, 0.2) is 12.1 Å². The Balaban J connectivity index is 1.68. The third-order valence-electron chi connectivity index (χ3n) is 4.27. The van der Waals surface area contributed by atoms with Crippen LogP contribution in [-0.2, 0) is 9.47 Å². The number of nitrogens with one attached hydrogen (secondary N) is 1. The summed E-state index contributed by atoms with van der Waals surface area (Å²) in [5.74, 6) is 1.47. The fraction of sp³-hybridized carbons (Fsp3) is 0.579. The van der Waals surface area contributed by atoms with Crippen LogP contribution in [0.2, 0.25) is 0 Å². The van der Waals surface area contributed by atoms with E-state index in [1.807, 2.05) is 32.1 Å². The lowest BCUT2D eigenvalue weighted by atomic mass is 10.0. The maximum Gasteiger partial charge on any atom is 0.161 e. The number of benzene rings is 1. The highest BCUT2D eigenvalue weighted by Gasteiger charge is 2.22. The van der Waals surface area contributed by atoms with E-state index < -0.39 is 0 Å². The number of morpholine rings is 1. The van der Waals surface area contributed by atoms with E-state index in [4.69, 9.17) is 18.9 Å². The highest BCUT2D eigenvalue weighted by Crippen LogP contribution is 2.36. The van der Waals surface area contributed by atoms with Gasteiger partial charge in [-0.15, -0.1) is 0 Å². The molecule has 1 saturated heterocycles. The van der Waals surface area contributed by atoms with Gasteiger partial charge in [-0.1, -0.05) is 0 Å². The van der Waals surface area contributed by atoms with E-state index in [9.17, 15) is 0 Å². The Hall–Kier alpha value is -1.76. The van der Waals surface area contributed by atoms with E-state index in [0.717, 1.165) is 55.5 Å². The van der Waals surface area contributed by atoms with Crippen LogP contribution in [0.1, 0.15) is 31.2 Å². The lowest BCUT2D eigenvalue weighted by molar-refractivity contribution is -0.00816. The van der Waals surface area contributed by atoms with Crippen molar-refractivity contribution in [3.63, 3.8) is 0 Å². The second kappa shape index (κ2) is 8.56. The summed E-state index contributed by atoms with van der Waals surface area (Å²) >= 11 is 0. The van der Waals surface area contributed by atoms with Crippen LogP contribution < -0.4 is 14.8 Å². The van der Waals surface area contributed by atoms with Gasteiger partial charge >= 0.3 is 0 Å². The molecule has 1 fully saturated rings. The molecule has 6 nitrogen and oxygen atoms in total. The molecule has 0 saturated carbocycles. The van der Waals surface area contributed by atoms with Crippen LogP contribution in [0, 0.1) is 6.20 Å². The molecule has 1 N–H and O–H groups in total. The van der Waals surface area contributed by atoms with Crippen LogP contribution in [-0.4, -0.2) is 57.6 Å². The van der Waals surface area contributed by atoms with E-state index in [-0.39, 0.29) is 12.3 Å². The van der Waals surface area contributed by atoms with Crippen molar-refractivity contribution in [2.45, 2.75) is 26.2 Å². The molecule has 137 valence electrons. The van der Waals surface area contributed by atoms with Crippen LogP contribution in [0.4, 0.5) is 0 Å². The minimum absolute atomic E-state index is 0.112. The quantitative estimate of drug-likeness (QED) is 0.816. The maximum atomic E-state index is 6.00. The summed E-state index contributed by atoms with van der Waals surface area (Å²) in [5, 5.41) is 3.12. The van der Waals surface area contributed by atoms with Crippen molar-refractivity contribution in [3.05, 3.63) is 29.5 Å². The van der Waals surface area contributed by atoms with Gasteiger partial charge in [-0.2, -0.15) is 0 Å². The Kier molecular flexibility index (Phi) is 6.18. The van der Waals surface area contributed by atoms with Crippen molar-refractivity contribution in [1.29, 1.82) is 0 Å². The zero-order valence-corrected chi connectivity index (χ0v) is 15.2. The number of hydrogen-bond donors (Lipinski definition) is 1. The zero-order valence-electron chi connectivity index (χ0n) is 15.2. The molecule has 6 heteroatoms. The number of fused-ring (bicyclic) bond motifs is 1. The van der Waals surface area contributed by atoms with E-state index in [0.29, 0.717) is 6.61 Å². The van der Waals surface area contributed by atoms with Gasteiger partial charge in [-0.05, 0) is 37.6 Å². The van der Waals surface area contributed by atoms with Crippen LogP contribution >= 0.6 is 0 Å². The fourth-order valence-corrected chi connectivity index (χ4v) is 2.98. The van der Waals surface area contributed by atoms with Crippen LogP contribution in [0.3, 0.4) is 0 Å². The van der Waals surface area contributed by atoms with Gasteiger partial charge in [0.2, 0.25) is 0 Å². The number of methoxy groups -OCH3 is 1. The van der Waals surface area contributed by atoms with Gasteiger partial charge in [0.15, 0.2) is 17.7 Å². The molecule has 1 aromatic carbocycles. The third kappa shape index (κ3) is 4.66. The molecular weight excluding hydrogens is 320 g/mol. The molecule has 2 aliphatic heterocycles. The first-order chi connectivity index (χ1) is 12.2. The molecule has 1 radical (unpaired) electrons. The molecule has 1 aromatic rings. The van der Waals surface area contributed by atoms with Gasteiger partial charge in [0.1, 0.15) is 6.61 Å². The average Bonchev–Trinajstić information content (AvgIpc) is 2.62. The fourth-order valence-electron chi connectivity index (χ4n) is 2.98. The predicted molar refractivity (Wildman–Crippen MR) is 95.6 cm³/mol. The summed E-state index contributed by atoms with van der Waals surface area (Å²) in [6.07, 6.45) is 4.84. The number of nitrogens with zero attached hydrogens (tertiary/aromatic N) is 1. The predicted octanol–water partition coefficient (Wildman–Crippen LogP) is 2.21. The average molecular weight is 347 g/mol. The van der Waals surface area contributed by atoms with E-state index in [1.54, 1.807) is 7.11 Å². The van der Waals surface area contributed by atoms with Crippen molar-refractivity contribution < 1.29 is 18.9 Å². The summed E-state index contributed by atoms with van der Waals surface area (Å²) in [4.78, 5) is 2.35. The lowest BCUT2D eigenvalue weighted by Gasteiger charge is -2.27. The molecule has 0 bridgehead atoms. The van der Waals surface area contributed by atoms with E-state index >= 15 is 0 Å².